The van der Waals surface area contributed by atoms with Gasteiger partial charge in [-0.15, -0.1) is 0 Å². The summed E-state index contributed by atoms with van der Waals surface area (Å²) in [5.41, 5.74) is 0.850. The van der Waals surface area contributed by atoms with E-state index in [1.807, 2.05) is 30.3 Å². The van der Waals surface area contributed by atoms with E-state index < -0.39 is 24.3 Å². The van der Waals surface area contributed by atoms with Crippen LogP contribution in [-0.2, 0) is 16.0 Å². The Bertz CT molecular complexity index is 703. The van der Waals surface area contributed by atoms with Gasteiger partial charge in [0.15, 0.2) is 6.61 Å². The Hall–Kier alpha value is -2.89. The Morgan fingerprint density at radius 1 is 1.12 bits per heavy atom. The average molecular weight is 331 g/mol. The van der Waals surface area contributed by atoms with Crippen molar-refractivity contribution in [2.75, 3.05) is 20.3 Å². The number of hydrogen-bond donors (Lipinski definition) is 1. The van der Waals surface area contributed by atoms with Crippen LogP contribution in [0.5, 0.6) is 5.75 Å². The molecule has 0 saturated heterocycles. The highest BCUT2D eigenvalue weighted by molar-refractivity contribution is 5.91. The van der Waals surface area contributed by atoms with Gasteiger partial charge in [-0.3, -0.25) is 4.79 Å². The van der Waals surface area contributed by atoms with Gasteiger partial charge in [0.2, 0.25) is 0 Å². The molecule has 1 amide bonds. The lowest BCUT2D eigenvalue weighted by Gasteiger charge is -2.08. The average Bonchev–Trinajstić information content (AvgIpc) is 2.60. The molecule has 0 aromatic heterocycles. The van der Waals surface area contributed by atoms with Gasteiger partial charge < -0.3 is 14.8 Å². The zero-order valence-corrected chi connectivity index (χ0v) is 13.3. The Morgan fingerprint density at radius 2 is 1.88 bits per heavy atom. The fraction of sp³-hybridized carbons (Fsp3) is 0.222. The second-order valence-corrected chi connectivity index (χ2v) is 5.01. The van der Waals surface area contributed by atoms with Crippen LogP contribution in [0, 0.1) is 5.82 Å². The number of amides is 1. The Kier molecular flexibility index (Phi) is 6.31. The number of halogens is 1. The Morgan fingerprint density at radius 3 is 2.54 bits per heavy atom. The molecule has 0 saturated carbocycles. The molecule has 0 unspecified atom stereocenters. The zero-order chi connectivity index (χ0) is 17.4. The van der Waals surface area contributed by atoms with Gasteiger partial charge >= 0.3 is 5.97 Å². The number of ether oxygens (including phenoxy) is 2. The first-order valence-corrected chi connectivity index (χ1v) is 7.41. The molecule has 2 rings (SSSR count). The highest BCUT2D eigenvalue weighted by atomic mass is 19.1. The summed E-state index contributed by atoms with van der Waals surface area (Å²) < 4.78 is 23.4. The molecule has 126 valence electrons. The number of nitrogens with one attached hydrogen (secondary N) is 1. The lowest BCUT2D eigenvalue weighted by molar-refractivity contribution is -0.124. The molecule has 0 heterocycles. The van der Waals surface area contributed by atoms with E-state index >= 15 is 0 Å². The molecular formula is C18H18FNO4. The molecule has 0 aliphatic rings. The van der Waals surface area contributed by atoms with Crippen molar-refractivity contribution in [2.24, 2.45) is 0 Å². The van der Waals surface area contributed by atoms with E-state index in [1.54, 1.807) is 0 Å². The molecule has 0 fully saturated rings. The minimum Gasteiger partial charge on any atom is -0.497 e. The van der Waals surface area contributed by atoms with Crippen molar-refractivity contribution < 1.29 is 23.5 Å². The molecule has 0 radical (unpaired) electrons. The van der Waals surface area contributed by atoms with Crippen LogP contribution in [-0.4, -0.2) is 32.1 Å². The molecule has 2 aromatic carbocycles. The van der Waals surface area contributed by atoms with Crippen LogP contribution in [0.15, 0.2) is 48.5 Å². The summed E-state index contributed by atoms with van der Waals surface area (Å²) in [6.45, 7) is -0.0314. The molecule has 0 bridgehead atoms. The molecule has 2 aromatic rings. The molecule has 0 aliphatic heterocycles. The lowest BCUT2D eigenvalue weighted by Crippen LogP contribution is -2.30. The first-order valence-electron chi connectivity index (χ1n) is 7.41. The van der Waals surface area contributed by atoms with Crippen LogP contribution in [0.2, 0.25) is 0 Å². The van der Waals surface area contributed by atoms with Crippen LogP contribution in [0.3, 0.4) is 0 Å². The number of methoxy groups -OCH3 is 1. The molecule has 6 heteroatoms. The van der Waals surface area contributed by atoms with Crippen LogP contribution in [0.1, 0.15) is 15.9 Å². The summed E-state index contributed by atoms with van der Waals surface area (Å²) in [4.78, 5) is 23.4. The van der Waals surface area contributed by atoms with Crippen molar-refractivity contribution in [1.29, 1.82) is 0 Å². The summed E-state index contributed by atoms with van der Waals surface area (Å²) in [5.74, 6) is -1.80. The summed E-state index contributed by atoms with van der Waals surface area (Å²) in [5, 5.41) is 2.64. The maximum absolute atomic E-state index is 13.7. The van der Waals surface area contributed by atoms with E-state index in [0.717, 1.165) is 11.6 Å². The summed E-state index contributed by atoms with van der Waals surface area (Å²) in [6, 6.07) is 13.4. The summed E-state index contributed by atoms with van der Waals surface area (Å²) >= 11 is 0. The normalized spacial score (nSPS) is 10.1. The van der Waals surface area contributed by atoms with Crippen molar-refractivity contribution in [1.82, 2.24) is 5.32 Å². The second-order valence-electron chi connectivity index (χ2n) is 5.01. The molecule has 0 spiro atoms. The van der Waals surface area contributed by atoms with Gasteiger partial charge in [-0.1, -0.05) is 30.3 Å². The highest BCUT2D eigenvalue weighted by Crippen LogP contribution is 2.16. The van der Waals surface area contributed by atoms with Crippen molar-refractivity contribution in [3.63, 3.8) is 0 Å². The number of benzene rings is 2. The highest BCUT2D eigenvalue weighted by Gasteiger charge is 2.15. The topological polar surface area (TPSA) is 64.6 Å². The van der Waals surface area contributed by atoms with Crippen LogP contribution in [0.4, 0.5) is 4.39 Å². The second kappa shape index (κ2) is 8.67. The van der Waals surface area contributed by atoms with Crippen LogP contribution in [0.25, 0.3) is 0 Å². The smallest absolute Gasteiger partial charge is 0.341 e. The van der Waals surface area contributed by atoms with Gasteiger partial charge in [0.05, 0.1) is 12.7 Å². The van der Waals surface area contributed by atoms with E-state index in [2.05, 4.69) is 5.32 Å². The predicted octanol–water partition coefficient (Wildman–Crippen LogP) is 2.35. The Balaban J connectivity index is 1.76. The molecule has 1 N–H and O–H groups in total. The molecule has 5 nitrogen and oxygen atoms in total. The van der Waals surface area contributed by atoms with Crippen molar-refractivity contribution in [3.8, 4) is 5.75 Å². The third-order valence-corrected chi connectivity index (χ3v) is 3.31. The minimum atomic E-state index is -0.895. The number of rotatable bonds is 7. The zero-order valence-electron chi connectivity index (χ0n) is 13.3. The minimum absolute atomic E-state index is 0.243. The third kappa shape index (κ3) is 5.08. The van der Waals surface area contributed by atoms with Crippen LogP contribution >= 0.6 is 0 Å². The van der Waals surface area contributed by atoms with Gasteiger partial charge in [-0.2, -0.15) is 0 Å². The fourth-order valence-corrected chi connectivity index (χ4v) is 2.04. The summed E-state index contributed by atoms with van der Waals surface area (Å²) in [7, 11) is 1.40. The van der Waals surface area contributed by atoms with Gasteiger partial charge in [-0.05, 0) is 24.1 Å². The van der Waals surface area contributed by atoms with Gasteiger partial charge in [-0.25, -0.2) is 9.18 Å². The van der Waals surface area contributed by atoms with Gasteiger partial charge in [0.25, 0.3) is 5.91 Å². The van der Waals surface area contributed by atoms with Gasteiger partial charge in [0, 0.05) is 12.6 Å². The largest absolute Gasteiger partial charge is 0.497 e. The Labute approximate surface area is 139 Å². The molecule has 24 heavy (non-hydrogen) atoms. The molecule has 0 aliphatic carbocycles. The number of carbonyl (C=O) groups excluding carboxylic acids is 2. The SMILES string of the molecule is COc1ccc(C(=O)OCC(=O)NCCc2ccccc2)c(F)c1. The maximum Gasteiger partial charge on any atom is 0.341 e. The monoisotopic (exact) mass is 331 g/mol. The maximum atomic E-state index is 13.7. The first kappa shape index (κ1) is 17.5. The number of esters is 1. The standard InChI is InChI=1S/C18H18FNO4/c1-23-14-7-8-15(16(19)11-14)18(22)24-12-17(21)20-10-9-13-5-3-2-4-6-13/h2-8,11H,9-10,12H2,1H3,(H,20,21). The quantitative estimate of drug-likeness (QED) is 0.791. The van der Waals surface area contributed by atoms with Crippen molar-refractivity contribution >= 4 is 11.9 Å². The predicted molar refractivity (Wildman–Crippen MR) is 86.4 cm³/mol. The van der Waals surface area contributed by atoms with E-state index in [4.69, 9.17) is 9.47 Å². The van der Waals surface area contributed by atoms with E-state index in [1.165, 1.54) is 19.2 Å². The van der Waals surface area contributed by atoms with Crippen molar-refractivity contribution in [3.05, 3.63) is 65.5 Å². The van der Waals surface area contributed by atoms with E-state index in [0.29, 0.717) is 18.7 Å². The molecule has 0 atom stereocenters. The van der Waals surface area contributed by atoms with Gasteiger partial charge in [0.1, 0.15) is 11.6 Å². The van der Waals surface area contributed by atoms with Crippen LogP contribution < -0.4 is 10.1 Å². The lowest BCUT2D eigenvalue weighted by atomic mass is 10.1. The number of carbonyl (C=O) groups is 2. The molecular weight excluding hydrogens is 313 g/mol. The number of hydrogen-bond acceptors (Lipinski definition) is 4. The summed E-state index contributed by atoms with van der Waals surface area (Å²) in [6.07, 6.45) is 0.674. The first-order chi connectivity index (χ1) is 11.6. The van der Waals surface area contributed by atoms with Crippen molar-refractivity contribution in [2.45, 2.75) is 6.42 Å². The van der Waals surface area contributed by atoms with E-state index in [-0.39, 0.29) is 5.56 Å². The fourth-order valence-electron chi connectivity index (χ4n) is 2.04. The van der Waals surface area contributed by atoms with E-state index in [9.17, 15) is 14.0 Å². The third-order valence-electron chi connectivity index (χ3n) is 3.31.